The van der Waals surface area contributed by atoms with E-state index in [1.807, 2.05) is 11.8 Å². The molecule has 0 fully saturated rings. The van der Waals surface area contributed by atoms with Crippen LogP contribution in [0.1, 0.15) is 82.3 Å². The third-order valence-corrected chi connectivity index (χ3v) is 6.85. The van der Waals surface area contributed by atoms with Crippen molar-refractivity contribution in [3.05, 3.63) is 47.0 Å². The minimum atomic E-state index is -0.323. The molecule has 0 N–H and O–H groups in total. The number of esters is 1. The molecule has 0 saturated heterocycles. The van der Waals surface area contributed by atoms with Crippen LogP contribution in [0.5, 0.6) is 5.75 Å². The number of hydrogen-bond acceptors (Lipinski definition) is 6. The average Bonchev–Trinajstić information content (AvgIpc) is 2.78. The minimum absolute atomic E-state index is 0.0617. The van der Waals surface area contributed by atoms with Crippen LogP contribution in [0.4, 0.5) is 0 Å². The molecule has 0 bridgehead atoms. The zero-order valence-electron chi connectivity index (χ0n) is 20.2. The van der Waals surface area contributed by atoms with Crippen molar-refractivity contribution in [3.63, 3.8) is 0 Å². The van der Waals surface area contributed by atoms with E-state index in [1.54, 1.807) is 19.3 Å². The summed E-state index contributed by atoms with van der Waals surface area (Å²) in [6.07, 6.45) is 9.37. The molecule has 0 saturated carbocycles. The number of thioether (sulfide) groups is 1. The Kier molecular flexibility index (Phi) is 9.20. The monoisotopic (exact) mass is 466 g/mol. The van der Waals surface area contributed by atoms with Crippen LogP contribution in [0.25, 0.3) is 0 Å². The van der Waals surface area contributed by atoms with Gasteiger partial charge in [0.15, 0.2) is 0 Å². The second kappa shape index (κ2) is 12.1. The van der Waals surface area contributed by atoms with Gasteiger partial charge in [-0.2, -0.15) is 0 Å². The predicted molar refractivity (Wildman–Crippen MR) is 133 cm³/mol. The molecule has 0 unspecified atom stereocenters. The lowest BCUT2D eigenvalue weighted by Crippen LogP contribution is -2.26. The van der Waals surface area contributed by atoms with Crippen molar-refractivity contribution in [3.8, 4) is 17.6 Å². The third kappa shape index (κ3) is 7.23. The summed E-state index contributed by atoms with van der Waals surface area (Å²) in [6, 6.07) is 4.37. The van der Waals surface area contributed by atoms with Gasteiger partial charge in [0.25, 0.3) is 0 Å². The van der Waals surface area contributed by atoms with E-state index in [-0.39, 0.29) is 17.8 Å². The number of fused-ring (bicyclic) bond motifs is 1. The highest BCUT2D eigenvalue weighted by atomic mass is 32.2. The summed E-state index contributed by atoms with van der Waals surface area (Å²) in [5, 5.41) is 0. The number of unbranched alkanes of at least 4 members (excludes halogenated alkanes) is 3. The van der Waals surface area contributed by atoms with E-state index in [2.05, 4.69) is 54.7 Å². The van der Waals surface area contributed by atoms with Crippen molar-refractivity contribution < 1.29 is 14.3 Å². The number of rotatable bonds is 9. The van der Waals surface area contributed by atoms with Gasteiger partial charge in [0.2, 0.25) is 0 Å². The number of carbonyl (C=O) groups excluding carboxylic acids is 1. The average molecular weight is 467 g/mol. The number of aromatic nitrogens is 2. The Bertz CT molecular complexity index is 1010. The van der Waals surface area contributed by atoms with Crippen molar-refractivity contribution in [1.29, 1.82) is 0 Å². The SMILES string of the molecule is CCCCCCSc1cc2c(cc1C#Cc1cnc(CC(=O)OCC)nc1)C(C)(C)CCO2. The highest BCUT2D eigenvalue weighted by Gasteiger charge is 2.29. The van der Waals surface area contributed by atoms with E-state index in [0.717, 1.165) is 40.6 Å². The summed E-state index contributed by atoms with van der Waals surface area (Å²) in [5.74, 6) is 8.73. The molecule has 6 heteroatoms. The molecule has 0 radical (unpaired) electrons. The zero-order valence-corrected chi connectivity index (χ0v) is 21.0. The van der Waals surface area contributed by atoms with Crippen LogP contribution in [-0.4, -0.2) is 34.9 Å². The smallest absolute Gasteiger partial charge is 0.313 e. The zero-order chi connectivity index (χ0) is 23.7. The first-order valence-electron chi connectivity index (χ1n) is 11.9. The van der Waals surface area contributed by atoms with Gasteiger partial charge in [0.1, 0.15) is 18.0 Å². The molecule has 176 valence electrons. The molecule has 0 aliphatic carbocycles. The molecule has 1 aliphatic rings. The summed E-state index contributed by atoms with van der Waals surface area (Å²) in [6.45, 7) is 9.64. The third-order valence-electron chi connectivity index (χ3n) is 5.71. The van der Waals surface area contributed by atoms with E-state index < -0.39 is 0 Å². The Morgan fingerprint density at radius 2 is 1.94 bits per heavy atom. The fourth-order valence-electron chi connectivity index (χ4n) is 3.68. The van der Waals surface area contributed by atoms with E-state index in [9.17, 15) is 4.79 Å². The standard InChI is InChI=1S/C27H34N2O3S/c1-5-7-8-9-14-33-24-16-23-22(27(3,4)12-13-32-23)15-21(24)11-10-20-18-28-25(29-19-20)17-26(30)31-6-2/h15-16,18-19H,5-9,12-14,17H2,1-4H3. The lowest BCUT2D eigenvalue weighted by atomic mass is 9.79. The Morgan fingerprint density at radius 3 is 2.67 bits per heavy atom. The van der Waals surface area contributed by atoms with Gasteiger partial charge in [0, 0.05) is 28.4 Å². The second-order valence-electron chi connectivity index (χ2n) is 8.86. The van der Waals surface area contributed by atoms with Crippen LogP contribution in [-0.2, 0) is 21.4 Å². The number of carbonyl (C=O) groups is 1. The summed E-state index contributed by atoms with van der Waals surface area (Å²) in [7, 11) is 0. The minimum Gasteiger partial charge on any atom is -0.493 e. The number of benzene rings is 1. The number of hydrogen-bond donors (Lipinski definition) is 0. The molecule has 0 spiro atoms. The fraction of sp³-hybridized carbons (Fsp3) is 0.519. The van der Waals surface area contributed by atoms with Crippen LogP contribution in [0.2, 0.25) is 0 Å². The summed E-state index contributed by atoms with van der Waals surface area (Å²) in [4.78, 5) is 21.3. The second-order valence-corrected chi connectivity index (χ2v) is 9.99. The maximum atomic E-state index is 11.6. The van der Waals surface area contributed by atoms with Gasteiger partial charge in [-0.05, 0) is 43.1 Å². The lowest BCUT2D eigenvalue weighted by molar-refractivity contribution is -0.142. The van der Waals surface area contributed by atoms with Crippen LogP contribution in [0.3, 0.4) is 0 Å². The molecule has 1 aromatic heterocycles. The maximum absolute atomic E-state index is 11.6. The van der Waals surface area contributed by atoms with E-state index in [0.29, 0.717) is 12.4 Å². The van der Waals surface area contributed by atoms with Crippen molar-refractivity contribution in [2.45, 2.75) is 76.5 Å². The Morgan fingerprint density at radius 1 is 1.15 bits per heavy atom. The first-order chi connectivity index (χ1) is 15.9. The van der Waals surface area contributed by atoms with Gasteiger partial charge in [-0.1, -0.05) is 51.9 Å². The van der Waals surface area contributed by atoms with Crippen molar-refractivity contribution in [2.24, 2.45) is 0 Å². The maximum Gasteiger partial charge on any atom is 0.313 e. The van der Waals surface area contributed by atoms with Gasteiger partial charge >= 0.3 is 5.97 Å². The van der Waals surface area contributed by atoms with Crippen LogP contribution in [0.15, 0.2) is 29.4 Å². The first kappa shape index (κ1) is 25.1. The Balaban J connectivity index is 1.82. The lowest BCUT2D eigenvalue weighted by Gasteiger charge is -2.33. The van der Waals surface area contributed by atoms with Crippen LogP contribution >= 0.6 is 11.8 Å². The van der Waals surface area contributed by atoms with Crippen molar-refractivity contribution >= 4 is 17.7 Å². The molecule has 2 heterocycles. The molecular weight excluding hydrogens is 432 g/mol. The summed E-state index contributed by atoms with van der Waals surface area (Å²) in [5.41, 5.74) is 3.01. The number of ether oxygens (including phenoxy) is 2. The van der Waals surface area contributed by atoms with Gasteiger partial charge in [0.05, 0.1) is 18.8 Å². The molecule has 3 rings (SSSR count). The molecule has 5 nitrogen and oxygen atoms in total. The van der Waals surface area contributed by atoms with Crippen molar-refractivity contribution in [1.82, 2.24) is 9.97 Å². The normalized spacial score (nSPS) is 13.9. The highest BCUT2D eigenvalue weighted by Crippen LogP contribution is 2.41. The summed E-state index contributed by atoms with van der Waals surface area (Å²) < 4.78 is 11.0. The van der Waals surface area contributed by atoms with Gasteiger partial charge in [-0.3, -0.25) is 4.79 Å². The largest absolute Gasteiger partial charge is 0.493 e. The topological polar surface area (TPSA) is 61.3 Å². The molecule has 1 aromatic carbocycles. The number of nitrogens with zero attached hydrogens (tertiary/aromatic N) is 2. The quantitative estimate of drug-likeness (QED) is 0.204. The molecule has 2 aromatic rings. The molecule has 0 atom stereocenters. The Labute approximate surface area is 202 Å². The van der Waals surface area contributed by atoms with E-state index in [4.69, 9.17) is 9.47 Å². The predicted octanol–water partition coefficient (Wildman–Crippen LogP) is 5.71. The molecule has 33 heavy (non-hydrogen) atoms. The van der Waals surface area contributed by atoms with Crippen LogP contribution < -0.4 is 4.74 Å². The van der Waals surface area contributed by atoms with E-state index in [1.165, 1.54) is 31.2 Å². The molecular formula is C27H34N2O3S. The van der Waals surface area contributed by atoms with Gasteiger partial charge in [-0.15, -0.1) is 11.8 Å². The molecule has 1 aliphatic heterocycles. The summed E-state index contributed by atoms with van der Waals surface area (Å²) >= 11 is 1.85. The fourth-order valence-corrected chi connectivity index (χ4v) is 4.70. The highest BCUT2D eigenvalue weighted by molar-refractivity contribution is 7.99. The first-order valence-corrected chi connectivity index (χ1v) is 12.8. The van der Waals surface area contributed by atoms with E-state index >= 15 is 0 Å². The van der Waals surface area contributed by atoms with Crippen molar-refractivity contribution in [2.75, 3.05) is 19.0 Å². The Hall–Kier alpha value is -2.52. The van der Waals surface area contributed by atoms with Crippen LogP contribution in [0, 0.1) is 11.8 Å². The molecule has 0 amide bonds. The van der Waals surface area contributed by atoms with Gasteiger partial charge in [-0.25, -0.2) is 9.97 Å². The van der Waals surface area contributed by atoms with Gasteiger partial charge < -0.3 is 9.47 Å².